The number of carbonyl (C=O) groups is 1. The van der Waals surface area contributed by atoms with Crippen LogP contribution < -0.4 is 10.6 Å². The fraction of sp³-hybridized carbons (Fsp3) is 0.500. The van der Waals surface area contributed by atoms with Crippen molar-refractivity contribution in [2.45, 2.75) is 46.2 Å². The summed E-state index contributed by atoms with van der Waals surface area (Å²) in [6.07, 6.45) is 4.60. The van der Waals surface area contributed by atoms with E-state index in [0.717, 1.165) is 35.6 Å². The Balaban J connectivity index is 1.66. The lowest BCUT2D eigenvalue weighted by Gasteiger charge is -2.34. The molecule has 4 rings (SSSR count). The first-order valence-electron chi connectivity index (χ1n) is 8.19. The summed E-state index contributed by atoms with van der Waals surface area (Å²) in [6.45, 7) is 6.94. The molecule has 2 N–H and O–H groups in total. The third-order valence-corrected chi connectivity index (χ3v) is 6.28. The molecule has 1 aliphatic carbocycles. The summed E-state index contributed by atoms with van der Waals surface area (Å²) in [6, 6.07) is 3.72. The minimum absolute atomic E-state index is 0.0202. The summed E-state index contributed by atoms with van der Waals surface area (Å²) in [7, 11) is 0. The molecule has 0 spiro atoms. The number of anilines is 1. The van der Waals surface area contributed by atoms with E-state index in [1.807, 2.05) is 12.1 Å². The number of furan rings is 1. The predicted octanol–water partition coefficient (Wildman–Crippen LogP) is 4.35. The second-order valence-corrected chi connectivity index (χ2v) is 8.69. The van der Waals surface area contributed by atoms with E-state index in [0.29, 0.717) is 11.3 Å². The maximum absolute atomic E-state index is 12.6. The van der Waals surface area contributed by atoms with Gasteiger partial charge < -0.3 is 15.1 Å². The van der Waals surface area contributed by atoms with E-state index in [1.165, 1.54) is 10.4 Å². The molecule has 122 valence electrons. The van der Waals surface area contributed by atoms with E-state index in [4.69, 9.17) is 4.42 Å². The highest BCUT2D eigenvalue weighted by Crippen LogP contribution is 2.45. The average molecular weight is 330 g/mol. The lowest BCUT2D eigenvalue weighted by atomic mass is 9.72. The van der Waals surface area contributed by atoms with Crippen molar-refractivity contribution in [1.82, 2.24) is 5.32 Å². The second-order valence-electron chi connectivity index (χ2n) is 7.58. The van der Waals surface area contributed by atoms with Crippen LogP contribution in [0.2, 0.25) is 0 Å². The van der Waals surface area contributed by atoms with Crippen molar-refractivity contribution in [1.29, 1.82) is 0 Å². The molecule has 1 amide bonds. The molecule has 4 nitrogen and oxygen atoms in total. The summed E-state index contributed by atoms with van der Waals surface area (Å²) in [5.41, 5.74) is 2.43. The van der Waals surface area contributed by atoms with Crippen molar-refractivity contribution in [2.75, 3.05) is 5.32 Å². The molecule has 1 aliphatic heterocycles. The Morgan fingerprint density at radius 3 is 2.83 bits per heavy atom. The Kier molecular flexibility index (Phi) is 3.30. The van der Waals surface area contributed by atoms with Crippen LogP contribution in [0.5, 0.6) is 0 Å². The van der Waals surface area contributed by atoms with E-state index in [2.05, 4.69) is 31.4 Å². The van der Waals surface area contributed by atoms with Gasteiger partial charge in [0.2, 0.25) is 0 Å². The van der Waals surface area contributed by atoms with Crippen LogP contribution in [-0.2, 0) is 12.8 Å². The van der Waals surface area contributed by atoms with Crippen molar-refractivity contribution in [3.05, 3.63) is 40.2 Å². The molecular formula is C18H22N2O2S. The van der Waals surface area contributed by atoms with Gasteiger partial charge in [0, 0.05) is 4.88 Å². The van der Waals surface area contributed by atoms with Crippen LogP contribution in [0.1, 0.15) is 59.9 Å². The largest absolute Gasteiger partial charge is 0.465 e. The minimum atomic E-state index is -0.275. The fourth-order valence-electron chi connectivity index (χ4n) is 3.64. The first-order valence-corrected chi connectivity index (χ1v) is 9.00. The van der Waals surface area contributed by atoms with Gasteiger partial charge >= 0.3 is 0 Å². The van der Waals surface area contributed by atoms with Crippen molar-refractivity contribution in [3.63, 3.8) is 0 Å². The second kappa shape index (κ2) is 5.13. The molecule has 2 aromatic heterocycles. The molecular weight excluding hydrogens is 308 g/mol. The Labute approximate surface area is 140 Å². The van der Waals surface area contributed by atoms with E-state index in [1.54, 1.807) is 17.6 Å². The van der Waals surface area contributed by atoms with Crippen LogP contribution in [0.4, 0.5) is 5.00 Å². The molecule has 2 aromatic rings. The van der Waals surface area contributed by atoms with Crippen molar-refractivity contribution < 1.29 is 9.21 Å². The molecule has 0 radical (unpaired) electrons. The lowest BCUT2D eigenvalue weighted by molar-refractivity contribution is 0.0930. The zero-order valence-corrected chi connectivity index (χ0v) is 14.5. The van der Waals surface area contributed by atoms with Gasteiger partial charge in [0.25, 0.3) is 5.91 Å². The molecule has 0 saturated heterocycles. The quantitative estimate of drug-likeness (QED) is 0.817. The SMILES string of the molecule is CC(C)(C)[C@H]1CCc2c(sc3c2C(=O)N[C@@H](c2ccco2)N3)C1. The van der Waals surface area contributed by atoms with Gasteiger partial charge in [-0.3, -0.25) is 4.79 Å². The standard InChI is InChI=1S/C18H22N2O2S/c1-18(2,3)10-6-7-11-13(9-10)23-17-14(11)16(21)19-15(20-17)12-5-4-8-22-12/h4-5,8,10,15,20H,6-7,9H2,1-3H3,(H,19,21)/t10-,15+/m0/s1. The van der Waals surface area contributed by atoms with Crippen molar-refractivity contribution in [2.24, 2.45) is 11.3 Å². The van der Waals surface area contributed by atoms with Crippen LogP contribution in [-0.4, -0.2) is 5.91 Å². The summed E-state index contributed by atoms with van der Waals surface area (Å²) in [4.78, 5) is 14.0. The monoisotopic (exact) mass is 330 g/mol. The maximum Gasteiger partial charge on any atom is 0.256 e. The van der Waals surface area contributed by atoms with Gasteiger partial charge in [-0.25, -0.2) is 0 Å². The van der Waals surface area contributed by atoms with Crippen LogP contribution >= 0.6 is 11.3 Å². The highest BCUT2D eigenvalue weighted by Gasteiger charge is 2.36. The van der Waals surface area contributed by atoms with Gasteiger partial charge in [0.15, 0.2) is 6.17 Å². The summed E-state index contributed by atoms with van der Waals surface area (Å²) in [5, 5.41) is 7.44. The third-order valence-electron chi connectivity index (χ3n) is 5.10. The van der Waals surface area contributed by atoms with E-state index < -0.39 is 0 Å². The first kappa shape index (κ1) is 14.8. The van der Waals surface area contributed by atoms with Crippen LogP contribution in [0, 0.1) is 11.3 Å². The Bertz CT molecular complexity index is 740. The highest BCUT2D eigenvalue weighted by molar-refractivity contribution is 7.16. The van der Waals surface area contributed by atoms with Gasteiger partial charge in [-0.1, -0.05) is 20.8 Å². The third kappa shape index (κ3) is 2.47. The number of hydrogen-bond donors (Lipinski definition) is 2. The fourth-order valence-corrected chi connectivity index (χ4v) is 4.99. The molecule has 3 heterocycles. The number of nitrogens with one attached hydrogen (secondary N) is 2. The van der Waals surface area contributed by atoms with E-state index in [-0.39, 0.29) is 12.1 Å². The zero-order valence-electron chi connectivity index (χ0n) is 13.7. The van der Waals surface area contributed by atoms with Gasteiger partial charge in [0.05, 0.1) is 11.8 Å². The molecule has 0 unspecified atom stereocenters. The molecule has 0 saturated carbocycles. The molecule has 23 heavy (non-hydrogen) atoms. The number of amides is 1. The van der Waals surface area contributed by atoms with E-state index >= 15 is 0 Å². The molecule has 2 aliphatic rings. The average Bonchev–Trinajstić information content (AvgIpc) is 3.12. The number of hydrogen-bond acceptors (Lipinski definition) is 4. The Morgan fingerprint density at radius 1 is 1.30 bits per heavy atom. The molecule has 2 atom stereocenters. The van der Waals surface area contributed by atoms with Crippen LogP contribution in [0.15, 0.2) is 22.8 Å². The van der Waals surface area contributed by atoms with E-state index in [9.17, 15) is 4.79 Å². The van der Waals surface area contributed by atoms with Crippen LogP contribution in [0.25, 0.3) is 0 Å². The van der Waals surface area contributed by atoms with Gasteiger partial charge in [-0.15, -0.1) is 11.3 Å². The summed E-state index contributed by atoms with van der Waals surface area (Å²) in [5.74, 6) is 1.44. The van der Waals surface area contributed by atoms with Gasteiger partial charge in [0.1, 0.15) is 10.8 Å². The van der Waals surface area contributed by atoms with Gasteiger partial charge in [-0.2, -0.15) is 0 Å². The molecule has 5 heteroatoms. The predicted molar refractivity (Wildman–Crippen MR) is 91.8 cm³/mol. The maximum atomic E-state index is 12.6. The molecule has 0 bridgehead atoms. The van der Waals surface area contributed by atoms with Crippen molar-refractivity contribution >= 4 is 22.2 Å². The lowest BCUT2D eigenvalue weighted by Crippen LogP contribution is -2.38. The normalized spacial score (nSPS) is 23.7. The van der Waals surface area contributed by atoms with Gasteiger partial charge in [-0.05, 0) is 48.3 Å². The number of carbonyl (C=O) groups excluding carboxylic acids is 1. The molecule has 0 aromatic carbocycles. The van der Waals surface area contributed by atoms with Crippen molar-refractivity contribution in [3.8, 4) is 0 Å². The number of fused-ring (bicyclic) bond motifs is 3. The Morgan fingerprint density at radius 2 is 2.13 bits per heavy atom. The van der Waals surface area contributed by atoms with Crippen LogP contribution in [0.3, 0.4) is 0 Å². The number of thiophene rings is 1. The molecule has 0 fully saturated rings. The highest BCUT2D eigenvalue weighted by atomic mass is 32.1. The first-order chi connectivity index (χ1) is 10.9. The zero-order chi connectivity index (χ0) is 16.2. The summed E-state index contributed by atoms with van der Waals surface area (Å²) < 4.78 is 5.43. The smallest absolute Gasteiger partial charge is 0.256 e. The topological polar surface area (TPSA) is 54.3 Å². The number of rotatable bonds is 1. The summed E-state index contributed by atoms with van der Waals surface area (Å²) >= 11 is 1.75. The Hall–Kier alpha value is -1.75. The minimum Gasteiger partial charge on any atom is -0.465 e.